The van der Waals surface area contributed by atoms with E-state index < -0.39 is 12.3 Å². The minimum Gasteiger partial charge on any atom is -0.320 e. The van der Waals surface area contributed by atoms with Crippen LogP contribution in [0, 0.1) is 5.82 Å². The zero-order valence-corrected chi connectivity index (χ0v) is 21.7. The van der Waals surface area contributed by atoms with Crippen molar-refractivity contribution in [1.82, 2.24) is 14.9 Å². The molecular formula is C30H26ClF3N4O. The maximum absolute atomic E-state index is 13.5. The molecule has 0 atom stereocenters. The Kier molecular flexibility index (Phi) is 8.24. The van der Waals surface area contributed by atoms with E-state index in [1.54, 1.807) is 12.1 Å². The van der Waals surface area contributed by atoms with Crippen LogP contribution in [0.15, 0.2) is 79.0 Å². The van der Waals surface area contributed by atoms with Crippen molar-refractivity contribution in [3.63, 3.8) is 0 Å². The number of hydrogen-bond donors (Lipinski definition) is 1. The Morgan fingerprint density at radius 1 is 0.974 bits per heavy atom. The van der Waals surface area contributed by atoms with Crippen molar-refractivity contribution in [2.75, 3.05) is 18.4 Å². The molecule has 1 N–H and O–H groups in total. The highest BCUT2D eigenvalue weighted by Gasteiger charge is 2.26. The summed E-state index contributed by atoms with van der Waals surface area (Å²) in [6.07, 6.45) is 0.169. The number of hydrogen-bond acceptors (Lipinski definition) is 4. The number of anilines is 1. The molecule has 1 fully saturated rings. The number of pyridine rings is 2. The minimum atomic E-state index is -2.70. The zero-order valence-electron chi connectivity index (χ0n) is 21.0. The Morgan fingerprint density at radius 3 is 2.28 bits per heavy atom. The average molecular weight is 551 g/mol. The Morgan fingerprint density at radius 2 is 1.64 bits per heavy atom. The summed E-state index contributed by atoms with van der Waals surface area (Å²) in [5.41, 5.74) is 4.04. The van der Waals surface area contributed by atoms with E-state index in [2.05, 4.69) is 32.3 Å². The van der Waals surface area contributed by atoms with E-state index in [4.69, 9.17) is 11.6 Å². The quantitative estimate of drug-likeness (QED) is 0.242. The molecule has 4 aromatic rings. The van der Waals surface area contributed by atoms with Gasteiger partial charge in [0.2, 0.25) is 0 Å². The summed E-state index contributed by atoms with van der Waals surface area (Å²) in [5.74, 6) is -0.742. The summed E-state index contributed by atoms with van der Waals surface area (Å²) in [7, 11) is 0. The van der Waals surface area contributed by atoms with Crippen molar-refractivity contribution in [1.29, 1.82) is 0 Å². The average Bonchev–Trinajstić information content (AvgIpc) is 2.94. The highest BCUT2D eigenvalue weighted by Crippen LogP contribution is 2.34. The number of carbonyl (C=O) groups excluding carboxylic acids is 1. The van der Waals surface area contributed by atoms with E-state index in [1.165, 1.54) is 42.6 Å². The van der Waals surface area contributed by atoms with Gasteiger partial charge in [-0.2, -0.15) is 0 Å². The van der Waals surface area contributed by atoms with Gasteiger partial charge in [-0.3, -0.25) is 9.69 Å². The summed E-state index contributed by atoms with van der Waals surface area (Å²) >= 11 is 5.91. The predicted octanol–water partition coefficient (Wildman–Crippen LogP) is 7.51. The van der Waals surface area contributed by atoms with Crippen LogP contribution in [0.3, 0.4) is 0 Å². The molecule has 1 aliphatic heterocycles. The van der Waals surface area contributed by atoms with Gasteiger partial charge in [-0.25, -0.2) is 23.1 Å². The molecule has 200 valence electrons. The van der Waals surface area contributed by atoms with E-state index in [9.17, 15) is 18.0 Å². The van der Waals surface area contributed by atoms with Crippen LogP contribution in [0.4, 0.5) is 18.9 Å². The third-order valence-corrected chi connectivity index (χ3v) is 7.13. The van der Waals surface area contributed by atoms with Crippen molar-refractivity contribution in [2.24, 2.45) is 0 Å². The van der Waals surface area contributed by atoms with Crippen LogP contribution >= 0.6 is 11.6 Å². The van der Waals surface area contributed by atoms with Crippen LogP contribution in [0.25, 0.3) is 11.1 Å². The number of amides is 1. The van der Waals surface area contributed by atoms with Crippen molar-refractivity contribution in [3.8, 4) is 11.1 Å². The molecule has 0 spiro atoms. The Bertz CT molecular complexity index is 1440. The number of nitrogens with zero attached hydrogens (tertiary/aromatic N) is 3. The molecule has 39 heavy (non-hydrogen) atoms. The van der Waals surface area contributed by atoms with E-state index in [0.717, 1.165) is 49.2 Å². The monoisotopic (exact) mass is 550 g/mol. The van der Waals surface area contributed by atoms with Crippen LogP contribution in [0.5, 0.6) is 0 Å². The highest BCUT2D eigenvalue weighted by molar-refractivity contribution is 6.29. The lowest BCUT2D eigenvalue weighted by Gasteiger charge is -2.32. The SMILES string of the molecule is O=C(Nc1ccc(C(F)F)nc1C1CCN(Cc2ccc(-c3ccc(F)cc3)cc2)CC1)c1ccnc(Cl)c1. The van der Waals surface area contributed by atoms with Crippen LogP contribution < -0.4 is 5.32 Å². The molecular weight excluding hydrogens is 525 g/mol. The van der Waals surface area contributed by atoms with Gasteiger partial charge in [-0.05, 0) is 79.0 Å². The lowest BCUT2D eigenvalue weighted by Crippen LogP contribution is -2.33. The van der Waals surface area contributed by atoms with E-state index in [1.807, 2.05) is 12.1 Å². The van der Waals surface area contributed by atoms with Gasteiger partial charge in [0.05, 0.1) is 11.4 Å². The number of likely N-dealkylation sites (tertiary alicyclic amines) is 1. The molecule has 1 amide bonds. The number of piperidine rings is 1. The van der Waals surface area contributed by atoms with Gasteiger partial charge in [0.15, 0.2) is 0 Å². The summed E-state index contributed by atoms with van der Waals surface area (Å²) in [6, 6.07) is 20.3. The number of halogens is 4. The van der Waals surface area contributed by atoms with Gasteiger partial charge < -0.3 is 5.32 Å². The van der Waals surface area contributed by atoms with Crippen LogP contribution in [0.2, 0.25) is 5.15 Å². The maximum Gasteiger partial charge on any atom is 0.280 e. The highest BCUT2D eigenvalue weighted by atomic mass is 35.5. The second kappa shape index (κ2) is 12.0. The molecule has 0 saturated carbocycles. The Labute approximate surface area is 229 Å². The van der Waals surface area contributed by atoms with Gasteiger partial charge in [0.25, 0.3) is 12.3 Å². The first-order chi connectivity index (χ1) is 18.9. The van der Waals surface area contributed by atoms with Gasteiger partial charge in [0, 0.05) is 24.2 Å². The summed E-state index contributed by atoms with van der Waals surface area (Å²) in [5, 5.41) is 3.01. The first kappa shape index (κ1) is 26.8. The standard InChI is InChI=1S/C30H26ClF3N4O/c31-27-17-23(11-14-35-27)30(39)37-25-9-10-26(29(33)34)36-28(25)22-12-15-38(16-13-22)18-19-1-3-20(4-2-19)21-5-7-24(32)8-6-21/h1-11,14,17,22,29H,12-13,15-16,18H2,(H,37,39). The van der Waals surface area contributed by atoms with E-state index in [-0.39, 0.29) is 22.6 Å². The minimum absolute atomic E-state index is 0.0721. The van der Waals surface area contributed by atoms with E-state index in [0.29, 0.717) is 16.9 Å². The summed E-state index contributed by atoms with van der Waals surface area (Å²) < 4.78 is 40.2. The normalized spacial score (nSPS) is 14.5. The fraction of sp³-hybridized carbons (Fsp3) is 0.233. The summed E-state index contributed by atoms with van der Waals surface area (Å²) in [6.45, 7) is 2.28. The number of benzene rings is 2. The van der Waals surface area contributed by atoms with Crippen LogP contribution in [-0.2, 0) is 6.54 Å². The van der Waals surface area contributed by atoms with Crippen molar-refractivity contribution in [2.45, 2.75) is 31.7 Å². The lowest BCUT2D eigenvalue weighted by atomic mass is 9.91. The molecule has 2 aromatic carbocycles. The van der Waals surface area contributed by atoms with Gasteiger partial charge in [0.1, 0.15) is 16.7 Å². The predicted molar refractivity (Wildman–Crippen MR) is 145 cm³/mol. The number of alkyl halides is 2. The van der Waals surface area contributed by atoms with Crippen LogP contribution in [-0.4, -0.2) is 33.9 Å². The molecule has 2 aromatic heterocycles. The van der Waals surface area contributed by atoms with Crippen molar-refractivity contribution < 1.29 is 18.0 Å². The molecule has 3 heterocycles. The molecule has 0 unspecified atom stereocenters. The number of aromatic nitrogens is 2. The zero-order chi connectivity index (χ0) is 27.4. The molecule has 9 heteroatoms. The topological polar surface area (TPSA) is 58.1 Å². The van der Waals surface area contributed by atoms with Crippen LogP contribution in [0.1, 0.15) is 52.5 Å². The first-order valence-corrected chi connectivity index (χ1v) is 13.0. The van der Waals surface area contributed by atoms with Crippen molar-refractivity contribution >= 4 is 23.2 Å². The second-order valence-electron chi connectivity index (χ2n) is 9.55. The number of carbonyl (C=O) groups is 1. The Hall–Kier alpha value is -3.75. The molecule has 5 nitrogen and oxygen atoms in total. The maximum atomic E-state index is 13.5. The third kappa shape index (κ3) is 6.64. The molecule has 5 rings (SSSR count). The Balaban J connectivity index is 1.25. The molecule has 1 aliphatic rings. The van der Waals surface area contributed by atoms with Gasteiger partial charge in [-0.1, -0.05) is 48.0 Å². The van der Waals surface area contributed by atoms with Crippen molar-refractivity contribution in [3.05, 3.63) is 112 Å². The molecule has 0 aliphatic carbocycles. The molecule has 0 radical (unpaired) electrons. The van der Waals surface area contributed by atoms with Gasteiger partial charge in [-0.15, -0.1) is 0 Å². The fourth-order valence-electron chi connectivity index (χ4n) is 4.83. The lowest BCUT2D eigenvalue weighted by molar-refractivity contribution is 0.102. The van der Waals surface area contributed by atoms with E-state index >= 15 is 0 Å². The number of rotatable bonds is 7. The first-order valence-electron chi connectivity index (χ1n) is 12.6. The third-order valence-electron chi connectivity index (χ3n) is 6.92. The summed E-state index contributed by atoms with van der Waals surface area (Å²) in [4.78, 5) is 23.3. The smallest absolute Gasteiger partial charge is 0.280 e. The fourth-order valence-corrected chi connectivity index (χ4v) is 5.01. The number of nitrogens with one attached hydrogen (secondary N) is 1. The molecule has 0 bridgehead atoms. The molecule has 1 saturated heterocycles. The largest absolute Gasteiger partial charge is 0.320 e. The van der Waals surface area contributed by atoms with Gasteiger partial charge >= 0.3 is 0 Å². The second-order valence-corrected chi connectivity index (χ2v) is 9.93.